The van der Waals surface area contributed by atoms with Gasteiger partial charge in [-0.1, -0.05) is 49.0 Å². The molecule has 0 atom stereocenters. The smallest absolute Gasteiger partial charge is 0.230 e. The predicted octanol–water partition coefficient (Wildman–Crippen LogP) is 4.60. The van der Waals surface area contributed by atoms with Gasteiger partial charge in [0.25, 0.3) is 0 Å². The van der Waals surface area contributed by atoms with Crippen molar-refractivity contribution in [1.82, 2.24) is 10.3 Å². The molecular weight excluding hydrogens is 324 g/mol. The molecule has 0 aliphatic heterocycles. The quantitative estimate of drug-likeness (QED) is 0.805. The first-order valence-corrected chi connectivity index (χ1v) is 10.0. The fourth-order valence-corrected chi connectivity index (χ4v) is 4.51. The molecule has 1 aliphatic carbocycles. The van der Waals surface area contributed by atoms with Gasteiger partial charge in [0.1, 0.15) is 0 Å². The summed E-state index contributed by atoms with van der Waals surface area (Å²) in [5.41, 5.74) is 2.11. The lowest BCUT2D eigenvalue weighted by Crippen LogP contribution is -2.38. The van der Waals surface area contributed by atoms with Gasteiger partial charge in [-0.25, -0.2) is 4.98 Å². The summed E-state index contributed by atoms with van der Waals surface area (Å²) in [4.78, 5) is 16.7. The van der Waals surface area contributed by atoms with Crippen LogP contribution in [0.2, 0.25) is 0 Å². The van der Waals surface area contributed by atoms with Crippen molar-refractivity contribution < 1.29 is 4.79 Å². The van der Waals surface area contributed by atoms with Gasteiger partial charge in [0.05, 0.1) is 11.4 Å². The maximum atomic E-state index is 12.1. The maximum absolute atomic E-state index is 12.1. The molecule has 0 unspecified atom stereocenters. The number of hydrogen-bond donors (Lipinski definition) is 1. The van der Waals surface area contributed by atoms with Crippen LogP contribution in [0.1, 0.15) is 32.6 Å². The number of rotatable bonds is 5. The van der Waals surface area contributed by atoms with Gasteiger partial charge < -0.3 is 5.32 Å². The first kappa shape index (κ1) is 16.5. The topological polar surface area (TPSA) is 42.0 Å². The first-order chi connectivity index (χ1) is 11.2. The lowest BCUT2D eigenvalue weighted by Gasteiger charge is -2.26. The number of amides is 1. The number of nitrogens with one attached hydrogen (secondary N) is 1. The van der Waals surface area contributed by atoms with Crippen LogP contribution in [0.4, 0.5) is 0 Å². The Morgan fingerprint density at radius 2 is 2.00 bits per heavy atom. The number of benzene rings is 1. The van der Waals surface area contributed by atoms with E-state index in [2.05, 4.69) is 34.7 Å². The van der Waals surface area contributed by atoms with E-state index < -0.39 is 0 Å². The fraction of sp³-hybridized carbons (Fsp3) is 0.444. The minimum Gasteiger partial charge on any atom is -0.353 e. The molecular formula is C18H22N2OS2. The Balaban J connectivity index is 1.47. The molecule has 1 aromatic heterocycles. The molecule has 1 fully saturated rings. The van der Waals surface area contributed by atoms with Crippen molar-refractivity contribution in [2.24, 2.45) is 5.92 Å². The molecule has 3 rings (SSSR count). The molecule has 0 saturated heterocycles. The van der Waals surface area contributed by atoms with E-state index in [0.717, 1.165) is 34.4 Å². The average Bonchev–Trinajstić information content (AvgIpc) is 3.05. The number of thioether (sulfide) groups is 1. The number of nitrogens with zero attached hydrogens (tertiary/aromatic N) is 1. The van der Waals surface area contributed by atoms with Gasteiger partial charge in [0.15, 0.2) is 4.34 Å². The highest BCUT2D eigenvalue weighted by atomic mass is 32.2. The van der Waals surface area contributed by atoms with Crippen LogP contribution in [-0.4, -0.2) is 22.7 Å². The molecule has 5 heteroatoms. The second-order valence-electron chi connectivity index (χ2n) is 6.18. The van der Waals surface area contributed by atoms with Gasteiger partial charge in [-0.05, 0) is 31.6 Å². The molecule has 1 heterocycles. The van der Waals surface area contributed by atoms with Crippen LogP contribution in [0, 0.1) is 5.92 Å². The summed E-state index contributed by atoms with van der Waals surface area (Å²) in [6.07, 6.45) is 4.69. The highest BCUT2D eigenvalue weighted by Crippen LogP contribution is 2.28. The zero-order valence-corrected chi connectivity index (χ0v) is 15.0. The van der Waals surface area contributed by atoms with Crippen molar-refractivity contribution >= 4 is 29.0 Å². The van der Waals surface area contributed by atoms with Crippen LogP contribution >= 0.6 is 23.1 Å². The van der Waals surface area contributed by atoms with Gasteiger partial charge in [-0.15, -0.1) is 11.3 Å². The van der Waals surface area contributed by atoms with Crippen molar-refractivity contribution in [3.63, 3.8) is 0 Å². The Morgan fingerprint density at radius 1 is 1.26 bits per heavy atom. The first-order valence-electron chi connectivity index (χ1n) is 8.14. The van der Waals surface area contributed by atoms with Crippen LogP contribution in [0.15, 0.2) is 40.1 Å². The van der Waals surface area contributed by atoms with E-state index in [1.807, 2.05) is 18.2 Å². The van der Waals surface area contributed by atoms with Crippen LogP contribution in [0.5, 0.6) is 0 Å². The number of carbonyl (C=O) groups excluding carboxylic acids is 1. The van der Waals surface area contributed by atoms with Crippen molar-refractivity contribution in [2.75, 3.05) is 5.75 Å². The fourth-order valence-electron chi connectivity index (χ4n) is 2.87. The Kier molecular flexibility index (Phi) is 5.73. The van der Waals surface area contributed by atoms with E-state index in [-0.39, 0.29) is 5.91 Å². The summed E-state index contributed by atoms with van der Waals surface area (Å²) in [5.74, 6) is 1.39. The Labute approximate surface area is 145 Å². The SMILES string of the molecule is CC1CCC(NC(=O)CSc2nc(-c3ccccc3)cs2)CC1. The molecule has 3 nitrogen and oxygen atoms in total. The summed E-state index contributed by atoms with van der Waals surface area (Å²) in [6.45, 7) is 2.29. The lowest BCUT2D eigenvalue weighted by atomic mass is 9.87. The normalized spacial score (nSPS) is 21.1. The van der Waals surface area contributed by atoms with Gasteiger partial charge in [0, 0.05) is 17.0 Å². The van der Waals surface area contributed by atoms with E-state index in [9.17, 15) is 4.79 Å². The largest absolute Gasteiger partial charge is 0.353 e. The standard InChI is InChI=1S/C18H22N2OS2/c1-13-7-9-15(10-8-13)19-17(21)12-23-18-20-16(11-22-18)14-5-3-2-4-6-14/h2-6,11,13,15H,7-10,12H2,1H3,(H,19,21). The number of carbonyl (C=O) groups is 1. The Bertz CT molecular complexity index is 633. The second kappa shape index (κ2) is 7.97. The van der Waals surface area contributed by atoms with Crippen LogP contribution in [0.3, 0.4) is 0 Å². The van der Waals surface area contributed by atoms with E-state index in [1.165, 1.54) is 24.6 Å². The van der Waals surface area contributed by atoms with E-state index in [0.29, 0.717) is 11.8 Å². The highest BCUT2D eigenvalue weighted by molar-refractivity contribution is 8.01. The number of thiazole rings is 1. The van der Waals surface area contributed by atoms with Gasteiger partial charge in [-0.2, -0.15) is 0 Å². The Hall–Kier alpha value is -1.33. The summed E-state index contributed by atoms with van der Waals surface area (Å²) in [7, 11) is 0. The molecule has 2 aromatic rings. The molecule has 0 bridgehead atoms. The Morgan fingerprint density at radius 3 is 2.74 bits per heavy atom. The molecule has 1 aromatic carbocycles. The summed E-state index contributed by atoms with van der Waals surface area (Å²) < 4.78 is 0.955. The van der Waals surface area contributed by atoms with Gasteiger partial charge in [0.2, 0.25) is 5.91 Å². The molecule has 0 spiro atoms. The summed E-state index contributed by atoms with van der Waals surface area (Å²) in [5, 5.41) is 5.22. The van der Waals surface area contributed by atoms with E-state index in [1.54, 1.807) is 11.3 Å². The predicted molar refractivity (Wildman–Crippen MR) is 97.8 cm³/mol. The minimum atomic E-state index is 0.131. The van der Waals surface area contributed by atoms with Crippen LogP contribution in [-0.2, 0) is 4.79 Å². The number of aromatic nitrogens is 1. The highest BCUT2D eigenvalue weighted by Gasteiger charge is 2.19. The maximum Gasteiger partial charge on any atom is 0.230 e. The van der Waals surface area contributed by atoms with Gasteiger partial charge >= 0.3 is 0 Å². The third-order valence-electron chi connectivity index (χ3n) is 4.26. The molecule has 0 radical (unpaired) electrons. The minimum absolute atomic E-state index is 0.131. The third-order valence-corrected chi connectivity index (χ3v) is 6.28. The molecule has 1 saturated carbocycles. The summed E-state index contributed by atoms with van der Waals surface area (Å²) in [6, 6.07) is 10.5. The monoisotopic (exact) mass is 346 g/mol. The van der Waals surface area contributed by atoms with Crippen LogP contribution in [0.25, 0.3) is 11.3 Å². The van der Waals surface area contributed by atoms with E-state index in [4.69, 9.17) is 0 Å². The lowest BCUT2D eigenvalue weighted by molar-refractivity contribution is -0.119. The third kappa shape index (κ3) is 4.82. The molecule has 23 heavy (non-hydrogen) atoms. The van der Waals surface area contributed by atoms with Crippen LogP contribution < -0.4 is 5.32 Å². The van der Waals surface area contributed by atoms with Crippen molar-refractivity contribution in [1.29, 1.82) is 0 Å². The zero-order valence-electron chi connectivity index (χ0n) is 13.3. The van der Waals surface area contributed by atoms with Crippen molar-refractivity contribution in [3.05, 3.63) is 35.7 Å². The molecule has 1 N–H and O–H groups in total. The zero-order chi connectivity index (χ0) is 16.1. The van der Waals surface area contributed by atoms with E-state index >= 15 is 0 Å². The molecule has 1 aliphatic rings. The molecule has 1 amide bonds. The summed E-state index contributed by atoms with van der Waals surface area (Å²) >= 11 is 3.13. The van der Waals surface area contributed by atoms with Crippen molar-refractivity contribution in [3.8, 4) is 11.3 Å². The second-order valence-corrected chi connectivity index (χ2v) is 8.26. The van der Waals surface area contributed by atoms with Gasteiger partial charge in [-0.3, -0.25) is 4.79 Å². The van der Waals surface area contributed by atoms with Crippen molar-refractivity contribution in [2.45, 2.75) is 43.0 Å². The average molecular weight is 347 g/mol. The number of hydrogen-bond acceptors (Lipinski definition) is 4. The molecule has 122 valence electrons.